The fraction of sp³-hybridized carbons (Fsp3) is 0.455. The molecule has 0 fully saturated rings. The van der Waals surface area contributed by atoms with Crippen LogP contribution in [0.4, 0.5) is 13.2 Å². The summed E-state index contributed by atoms with van der Waals surface area (Å²) in [7, 11) is 0. The van der Waals surface area contributed by atoms with Gasteiger partial charge in [-0.3, -0.25) is 0 Å². The van der Waals surface area contributed by atoms with Crippen molar-refractivity contribution in [3.05, 3.63) is 34.9 Å². The summed E-state index contributed by atoms with van der Waals surface area (Å²) in [6, 6.07) is 4.09. The Morgan fingerprint density at radius 1 is 1.29 bits per heavy atom. The fourth-order valence-electron chi connectivity index (χ4n) is 2.01. The number of benzene rings is 1. The summed E-state index contributed by atoms with van der Waals surface area (Å²) in [5.41, 5.74) is 1.43. The second-order valence-corrected chi connectivity index (χ2v) is 3.85. The van der Waals surface area contributed by atoms with E-state index in [0.717, 1.165) is 24.0 Å². The van der Waals surface area contributed by atoms with Crippen molar-refractivity contribution in [1.82, 2.24) is 0 Å². The lowest BCUT2D eigenvalue weighted by atomic mass is 10.0. The van der Waals surface area contributed by atoms with Gasteiger partial charge in [-0.25, -0.2) is 0 Å². The molecule has 1 atom stereocenters. The molecule has 0 unspecified atom stereocenters. The van der Waals surface area contributed by atoms with E-state index in [2.05, 4.69) is 6.92 Å². The lowest BCUT2D eigenvalue weighted by molar-refractivity contribution is -0.137. The molecule has 0 heterocycles. The average Bonchev–Trinajstić information content (AvgIpc) is 2.46. The minimum atomic E-state index is -4.21. The molecule has 1 aromatic rings. The highest BCUT2D eigenvalue weighted by Crippen LogP contribution is 2.37. The second-order valence-electron chi connectivity index (χ2n) is 3.85. The van der Waals surface area contributed by atoms with Crippen molar-refractivity contribution >= 4 is 0 Å². The van der Waals surface area contributed by atoms with Crippen LogP contribution in [0.1, 0.15) is 36.0 Å². The SMILES string of the molecule is C[C@H]1CCc2cc(C(F)(F)F)ccc21. The van der Waals surface area contributed by atoms with E-state index in [1.54, 1.807) is 6.07 Å². The zero-order chi connectivity index (χ0) is 10.3. The van der Waals surface area contributed by atoms with Crippen LogP contribution in [-0.4, -0.2) is 0 Å². The Morgan fingerprint density at radius 3 is 2.64 bits per heavy atom. The van der Waals surface area contributed by atoms with E-state index in [0.29, 0.717) is 5.92 Å². The number of fused-ring (bicyclic) bond motifs is 1. The molecule has 0 nitrogen and oxygen atoms in total. The van der Waals surface area contributed by atoms with Gasteiger partial charge in [0.05, 0.1) is 5.56 Å². The van der Waals surface area contributed by atoms with Gasteiger partial charge < -0.3 is 0 Å². The van der Waals surface area contributed by atoms with E-state index in [1.807, 2.05) is 0 Å². The highest BCUT2D eigenvalue weighted by atomic mass is 19.4. The molecular weight excluding hydrogens is 189 g/mol. The van der Waals surface area contributed by atoms with Crippen molar-refractivity contribution in [2.45, 2.75) is 31.9 Å². The number of aryl methyl sites for hydroxylation is 1. The first-order valence-electron chi connectivity index (χ1n) is 4.68. The molecule has 0 bridgehead atoms. The summed E-state index contributed by atoms with van der Waals surface area (Å²) in [5, 5.41) is 0. The molecule has 14 heavy (non-hydrogen) atoms. The molecular formula is C11H11F3. The maximum atomic E-state index is 12.4. The Hall–Kier alpha value is -0.990. The zero-order valence-electron chi connectivity index (χ0n) is 7.86. The maximum absolute atomic E-state index is 12.4. The first-order valence-corrected chi connectivity index (χ1v) is 4.68. The molecule has 0 aromatic heterocycles. The van der Waals surface area contributed by atoms with Gasteiger partial charge in [-0.1, -0.05) is 13.0 Å². The summed E-state index contributed by atoms with van der Waals surface area (Å²) in [4.78, 5) is 0. The molecule has 1 aliphatic carbocycles. The van der Waals surface area contributed by atoms with E-state index < -0.39 is 11.7 Å². The number of halogens is 3. The first-order chi connectivity index (χ1) is 6.48. The number of hydrogen-bond donors (Lipinski definition) is 0. The van der Waals surface area contributed by atoms with Gasteiger partial charge in [0.15, 0.2) is 0 Å². The van der Waals surface area contributed by atoms with Crippen molar-refractivity contribution < 1.29 is 13.2 Å². The highest BCUT2D eigenvalue weighted by Gasteiger charge is 2.32. The molecule has 0 saturated heterocycles. The lowest BCUT2D eigenvalue weighted by Gasteiger charge is -2.09. The summed E-state index contributed by atoms with van der Waals surface area (Å²) < 4.78 is 37.1. The monoisotopic (exact) mass is 200 g/mol. The smallest absolute Gasteiger partial charge is 0.166 e. The van der Waals surface area contributed by atoms with Crippen LogP contribution >= 0.6 is 0 Å². The molecule has 0 spiro atoms. The highest BCUT2D eigenvalue weighted by molar-refractivity contribution is 5.38. The van der Waals surface area contributed by atoms with Gasteiger partial charge in [0.25, 0.3) is 0 Å². The number of rotatable bonds is 0. The zero-order valence-corrected chi connectivity index (χ0v) is 7.86. The molecule has 1 aliphatic rings. The van der Waals surface area contributed by atoms with Crippen LogP contribution in [0.2, 0.25) is 0 Å². The van der Waals surface area contributed by atoms with Crippen molar-refractivity contribution in [3.8, 4) is 0 Å². The summed E-state index contributed by atoms with van der Waals surface area (Å²) in [6.45, 7) is 2.05. The minimum absolute atomic E-state index is 0.410. The molecule has 76 valence electrons. The third kappa shape index (κ3) is 1.51. The summed E-state index contributed by atoms with van der Waals surface area (Å²) >= 11 is 0. The Balaban J connectivity index is 2.42. The molecule has 3 heteroatoms. The van der Waals surface area contributed by atoms with Crippen molar-refractivity contribution in [2.75, 3.05) is 0 Å². The molecule has 0 saturated carbocycles. The predicted octanol–water partition coefficient (Wildman–Crippen LogP) is 3.76. The molecule has 1 aromatic carbocycles. The Kier molecular flexibility index (Phi) is 2.05. The Morgan fingerprint density at radius 2 is 2.00 bits per heavy atom. The molecule has 0 radical (unpaired) electrons. The van der Waals surface area contributed by atoms with Gasteiger partial charge in [-0.05, 0) is 42.0 Å². The van der Waals surface area contributed by atoms with E-state index in [9.17, 15) is 13.2 Å². The van der Waals surface area contributed by atoms with Gasteiger partial charge in [0.1, 0.15) is 0 Å². The van der Waals surface area contributed by atoms with Crippen molar-refractivity contribution in [2.24, 2.45) is 0 Å². The van der Waals surface area contributed by atoms with Crippen LogP contribution in [0.15, 0.2) is 18.2 Å². The van der Waals surface area contributed by atoms with Gasteiger partial charge in [0, 0.05) is 0 Å². The average molecular weight is 200 g/mol. The summed E-state index contributed by atoms with van der Waals surface area (Å²) in [6.07, 6.45) is -2.46. The lowest BCUT2D eigenvalue weighted by Crippen LogP contribution is -2.05. The third-order valence-corrected chi connectivity index (χ3v) is 2.85. The largest absolute Gasteiger partial charge is 0.416 e. The van der Waals surface area contributed by atoms with Crippen LogP contribution < -0.4 is 0 Å². The summed E-state index contributed by atoms with van der Waals surface area (Å²) in [5.74, 6) is 0.410. The van der Waals surface area contributed by atoms with Crippen molar-refractivity contribution in [3.63, 3.8) is 0 Å². The van der Waals surface area contributed by atoms with Gasteiger partial charge >= 0.3 is 6.18 Å². The molecule has 2 rings (SSSR count). The van der Waals surface area contributed by atoms with Gasteiger partial charge in [0.2, 0.25) is 0 Å². The van der Waals surface area contributed by atoms with Gasteiger partial charge in [-0.2, -0.15) is 13.2 Å². The molecule has 0 amide bonds. The topological polar surface area (TPSA) is 0 Å². The van der Waals surface area contributed by atoms with Crippen LogP contribution in [-0.2, 0) is 12.6 Å². The quantitative estimate of drug-likeness (QED) is 0.598. The second kappa shape index (κ2) is 3.01. The Labute approximate surface area is 80.7 Å². The van der Waals surface area contributed by atoms with Crippen LogP contribution in [0, 0.1) is 0 Å². The molecule has 0 N–H and O–H groups in total. The fourth-order valence-corrected chi connectivity index (χ4v) is 2.01. The van der Waals surface area contributed by atoms with Crippen LogP contribution in [0.3, 0.4) is 0 Å². The van der Waals surface area contributed by atoms with Crippen LogP contribution in [0.5, 0.6) is 0 Å². The Bertz CT molecular complexity index is 352. The maximum Gasteiger partial charge on any atom is 0.416 e. The molecule has 0 aliphatic heterocycles. The predicted molar refractivity (Wildman–Crippen MR) is 48.2 cm³/mol. The van der Waals surface area contributed by atoms with E-state index >= 15 is 0 Å². The number of alkyl halides is 3. The van der Waals surface area contributed by atoms with E-state index in [1.165, 1.54) is 12.1 Å². The standard InChI is InChI=1S/C11H11F3/c1-7-2-3-8-6-9(11(12,13)14)4-5-10(7)8/h4-7H,2-3H2,1H3/t7-/m0/s1. The van der Waals surface area contributed by atoms with E-state index in [4.69, 9.17) is 0 Å². The minimum Gasteiger partial charge on any atom is -0.166 e. The normalized spacial score (nSPS) is 21.0. The third-order valence-electron chi connectivity index (χ3n) is 2.85. The first kappa shape index (κ1) is 9.56. The van der Waals surface area contributed by atoms with Gasteiger partial charge in [-0.15, -0.1) is 0 Å². The number of hydrogen-bond acceptors (Lipinski definition) is 0. The van der Waals surface area contributed by atoms with Crippen LogP contribution in [0.25, 0.3) is 0 Å². The van der Waals surface area contributed by atoms with E-state index in [-0.39, 0.29) is 0 Å². The van der Waals surface area contributed by atoms with Crippen molar-refractivity contribution in [1.29, 1.82) is 0 Å².